The summed E-state index contributed by atoms with van der Waals surface area (Å²) in [6, 6.07) is 9.81. The number of aromatic nitrogens is 2. The van der Waals surface area contributed by atoms with Crippen LogP contribution in [-0.4, -0.2) is 50.1 Å². The average molecular weight is 488 g/mol. The number of aliphatic hydroxyl groups excluding tert-OH is 1. The van der Waals surface area contributed by atoms with Crippen LogP contribution in [0.5, 0.6) is 0 Å². The maximum atomic E-state index is 14.4. The number of aliphatic hydroxyl groups is 1. The van der Waals surface area contributed by atoms with E-state index in [1.54, 1.807) is 24.3 Å². The van der Waals surface area contributed by atoms with Gasteiger partial charge in [-0.05, 0) is 24.5 Å². The van der Waals surface area contributed by atoms with Gasteiger partial charge in [0.05, 0.1) is 23.7 Å². The average Bonchev–Trinajstić information content (AvgIpc) is 3.60. The summed E-state index contributed by atoms with van der Waals surface area (Å²) in [7, 11) is 0. The molecular formula is C23H23ClFN5O4. The first kappa shape index (κ1) is 23.7. The lowest BCUT2D eigenvalue weighted by Crippen LogP contribution is -2.43. The van der Waals surface area contributed by atoms with E-state index >= 15 is 0 Å². The molecule has 34 heavy (non-hydrogen) atoms. The minimum atomic E-state index is -0.709. The molecule has 3 amide bonds. The molecule has 178 valence electrons. The third kappa shape index (κ3) is 4.87. The lowest BCUT2D eigenvalue weighted by Gasteiger charge is -2.22. The highest BCUT2D eigenvalue weighted by Crippen LogP contribution is 2.28. The smallest absolute Gasteiger partial charge is 0.269 e. The van der Waals surface area contributed by atoms with Crippen LogP contribution in [0.4, 0.5) is 4.39 Å². The van der Waals surface area contributed by atoms with Crippen molar-refractivity contribution in [2.75, 3.05) is 6.54 Å². The third-order valence-electron chi connectivity index (χ3n) is 5.69. The first-order valence-electron chi connectivity index (χ1n) is 10.7. The van der Waals surface area contributed by atoms with Gasteiger partial charge in [-0.15, -0.1) is 0 Å². The molecule has 2 aromatic carbocycles. The van der Waals surface area contributed by atoms with Crippen molar-refractivity contribution in [2.24, 2.45) is 5.73 Å². The number of carbonyl (C=O) groups is 3. The van der Waals surface area contributed by atoms with Gasteiger partial charge in [-0.2, -0.15) is 5.10 Å². The van der Waals surface area contributed by atoms with Crippen LogP contribution in [0.2, 0.25) is 5.02 Å². The van der Waals surface area contributed by atoms with Gasteiger partial charge in [-0.1, -0.05) is 41.9 Å². The minimum Gasteiger partial charge on any atom is -0.392 e. The van der Waals surface area contributed by atoms with Crippen LogP contribution in [0.25, 0.3) is 10.9 Å². The van der Waals surface area contributed by atoms with E-state index in [0.717, 1.165) is 12.8 Å². The Morgan fingerprint density at radius 1 is 1.21 bits per heavy atom. The lowest BCUT2D eigenvalue weighted by molar-refractivity contribution is -0.137. The van der Waals surface area contributed by atoms with E-state index in [1.165, 1.54) is 21.7 Å². The molecule has 1 aliphatic rings. The van der Waals surface area contributed by atoms with E-state index in [4.69, 9.17) is 22.4 Å². The summed E-state index contributed by atoms with van der Waals surface area (Å²) in [6.07, 6.45) is 1.55. The number of nitrogens with one attached hydrogen (secondary N) is 1. The molecule has 4 N–H and O–H groups in total. The number of hydrogen-bond acceptors (Lipinski definition) is 5. The van der Waals surface area contributed by atoms with Crippen molar-refractivity contribution in [3.05, 3.63) is 64.1 Å². The third-order valence-corrected chi connectivity index (χ3v) is 6.10. The second-order valence-corrected chi connectivity index (χ2v) is 8.47. The number of hydrogen-bond donors (Lipinski definition) is 3. The molecule has 4 rings (SSSR count). The standard InChI is InChI=1S/C23H23ClFN5O4/c24-20-14(12-31)6-5-13(21(20)25)9-27-18(32)10-29(15-7-8-15)19(33)11-30-17-4-2-1-3-16(17)22(28-30)23(26)34/h1-6,15,31H,7-12H2,(H2,26,34)(H,27,32). The van der Waals surface area contributed by atoms with Gasteiger partial charge in [-0.25, -0.2) is 4.39 Å². The lowest BCUT2D eigenvalue weighted by atomic mass is 10.1. The molecule has 11 heteroatoms. The zero-order valence-electron chi connectivity index (χ0n) is 18.1. The summed E-state index contributed by atoms with van der Waals surface area (Å²) >= 11 is 5.89. The van der Waals surface area contributed by atoms with E-state index in [1.807, 2.05) is 0 Å². The number of amides is 3. The molecule has 0 radical (unpaired) electrons. The molecule has 1 aliphatic carbocycles. The van der Waals surface area contributed by atoms with E-state index in [2.05, 4.69) is 10.4 Å². The molecule has 1 heterocycles. The SMILES string of the molecule is NC(=O)c1nn(CC(=O)N(CC(=O)NCc2ccc(CO)c(Cl)c2F)C2CC2)c2ccccc12. The molecule has 0 bridgehead atoms. The van der Waals surface area contributed by atoms with Gasteiger partial charge in [0, 0.05) is 23.5 Å². The number of fused-ring (bicyclic) bond motifs is 1. The van der Waals surface area contributed by atoms with Crippen LogP contribution in [-0.2, 0) is 29.3 Å². The summed E-state index contributed by atoms with van der Waals surface area (Å²) < 4.78 is 15.8. The van der Waals surface area contributed by atoms with Crippen molar-refractivity contribution in [2.45, 2.75) is 38.6 Å². The fourth-order valence-electron chi connectivity index (χ4n) is 3.75. The molecule has 1 fully saturated rings. The summed E-state index contributed by atoms with van der Waals surface area (Å²) in [4.78, 5) is 38.8. The molecular weight excluding hydrogens is 465 g/mol. The van der Waals surface area contributed by atoms with Crippen molar-refractivity contribution < 1.29 is 23.9 Å². The van der Waals surface area contributed by atoms with Crippen LogP contribution in [0, 0.1) is 5.82 Å². The Bertz CT molecular complexity index is 1270. The van der Waals surface area contributed by atoms with Crippen molar-refractivity contribution in [3.8, 4) is 0 Å². The highest BCUT2D eigenvalue weighted by Gasteiger charge is 2.34. The molecule has 0 aliphatic heterocycles. The summed E-state index contributed by atoms with van der Waals surface area (Å²) in [5.41, 5.74) is 6.50. The number of benzene rings is 2. The maximum Gasteiger partial charge on any atom is 0.269 e. The number of primary amides is 1. The summed E-state index contributed by atoms with van der Waals surface area (Å²) in [5, 5.41) is 16.3. The molecule has 3 aromatic rings. The highest BCUT2D eigenvalue weighted by molar-refractivity contribution is 6.31. The molecule has 0 spiro atoms. The van der Waals surface area contributed by atoms with Crippen molar-refractivity contribution in [3.63, 3.8) is 0 Å². The maximum absolute atomic E-state index is 14.4. The second-order valence-electron chi connectivity index (χ2n) is 8.09. The topological polar surface area (TPSA) is 131 Å². The number of nitrogens with two attached hydrogens (primary N) is 1. The quantitative estimate of drug-likeness (QED) is 0.423. The molecule has 0 unspecified atom stereocenters. The normalized spacial score (nSPS) is 13.1. The van der Waals surface area contributed by atoms with Crippen molar-refractivity contribution in [1.29, 1.82) is 0 Å². The molecule has 9 nitrogen and oxygen atoms in total. The van der Waals surface area contributed by atoms with Gasteiger partial charge in [0.1, 0.15) is 12.4 Å². The highest BCUT2D eigenvalue weighted by atomic mass is 35.5. The van der Waals surface area contributed by atoms with Gasteiger partial charge in [0.2, 0.25) is 11.8 Å². The van der Waals surface area contributed by atoms with E-state index in [-0.39, 0.29) is 53.4 Å². The Balaban J connectivity index is 1.44. The number of halogens is 2. The molecule has 1 aromatic heterocycles. The first-order chi connectivity index (χ1) is 16.3. The number of carbonyl (C=O) groups excluding carboxylic acids is 3. The Labute approximate surface area is 199 Å². The van der Waals surface area contributed by atoms with Gasteiger partial charge in [0.15, 0.2) is 5.69 Å². The van der Waals surface area contributed by atoms with Gasteiger partial charge >= 0.3 is 0 Å². The largest absolute Gasteiger partial charge is 0.392 e. The Morgan fingerprint density at radius 3 is 2.59 bits per heavy atom. The Kier molecular flexibility index (Phi) is 6.80. The van der Waals surface area contributed by atoms with Crippen LogP contribution in [0.1, 0.15) is 34.5 Å². The molecule has 1 saturated carbocycles. The van der Waals surface area contributed by atoms with Crippen LogP contribution in [0.3, 0.4) is 0 Å². The van der Waals surface area contributed by atoms with Crippen LogP contribution in [0.15, 0.2) is 36.4 Å². The summed E-state index contributed by atoms with van der Waals surface area (Å²) in [5.74, 6) is -2.19. The second kappa shape index (κ2) is 9.78. The molecule has 0 saturated heterocycles. The van der Waals surface area contributed by atoms with Crippen LogP contribution >= 0.6 is 11.6 Å². The van der Waals surface area contributed by atoms with Gasteiger partial charge in [0.25, 0.3) is 5.91 Å². The number of para-hydroxylation sites is 1. The Hall–Kier alpha value is -3.50. The zero-order valence-corrected chi connectivity index (χ0v) is 18.9. The first-order valence-corrected chi connectivity index (χ1v) is 11.1. The summed E-state index contributed by atoms with van der Waals surface area (Å²) in [6.45, 7) is -0.873. The van der Waals surface area contributed by atoms with Crippen molar-refractivity contribution >= 4 is 40.2 Å². The minimum absolute atomic E-state index is 0.0642. The van der Waals surface area contributed by atoms with E-state index < -0.39 is 24.2 Å². The number of rotatable bonds is 9. The Morgan fingerprint density at radius 2 is 1.91 bits per heavy atom. The van der Waals surface area contributed by atoms with E-state index in [9.17, 15) is 18.8 Å². The fourth-order valence-corrected chi connectivity index (χ4v) is 3.99. The van der Waals surface area contributed by atoms with Crippen LogP contribution < -0.4 is 11.1 Å². The zero-order chi connectivity index (χ0) is 24.4. The number of nitrogens with zero attached hydrogens (tertiary/aromatic N) is 3. The van der Waals surface area contributed by atoms with E-state index in [0.29, 0.717) is 10.9 Å². The van der Waals surface area contributed by atoms with Gasteiger partial charge < -0.3 is 21.1 Å². The predicted octanol–water partition coefficient (Wildman–Crippen LogP) is 1.73. The monoisotopic (exact) mass is 487 g/mol. The molecule has 0 atom stereocenters. The van der Waals surface area contributed by atoms with Gasteiger partial charge in [-0.3, -0.25) is 19.1 Å². The van der Waals surface area contributed by atoms with Crippen molar-refractivity contribution in [1.82, 2.24) is 20.0 Å². The predicted molar refractivity (Wildman–Crippen MR) is 122 cm³/mol. The fraction of sp³-hybridized carbons (Fsp3) is 0.304.